The lowest BCUT2D eigenvalue weighted by Gasteiger charge is -2.42. The molecule has 1 unspecified atom stereocenters. The molecule has 0 aromatic carbocycles. The summed E-state index contributed by atoms with van der Waals surface area (Å²) in [6.45, 7) is 2.07. The highest BCUT2D eigenvalue weighted by Gasteiger charge is 2.49. The quantitative estimate of drug-likeness (QED) is 0.808. The van der Waals surface area contributed by atoms with Crippen LogP contribution in [-0.4, -0.2) is 33.0 Å². The minimum atomic E-state index is -0.561. The van der Waals surface area contributed by atoms with Gasteiger partial charge in [0.15, 0.2) is 0 Å². The number of nitrogens with one attached hydrogen (secondary N) is 1. The first-order valence-electron chi connectivity index (χ1n) is 7.01. The van der Waals surface area contributed by atoms with Crippen LogP contribution in [0, 0.1) is 0 Å². The van der Waals surface area contributed by atoms with Gasteiger partial charge in [-0.1, -0.05) is 0 Å². The molecule has 1 atom stereocenters. The number of pyridine rings is 1. The summed E-state index contributed by atoms with van der Waals surface area (Å²) in [6.07, 6.45) is 3.74. The molecule has 1 saturated heterocycles. The molecule has 21 heavy (non-hydrogen) atoms. The van der Waals surface area contributed by atoms with Gasteiger partial charge in [-0.05, 0) is 18.2 Å². The molecule has 0 radical (unpaired) electrons. The Morgan fingerprint density at radius 1 is 1.24 bits per heavy atom. The molecule has 2 aromatic heterocycles. The standard InChI is InChI=1S/C15H16N4O2/c1-17-9-11(4-5-13(17)20)15-10-18-7-2-3-12(18)14(21)19(15)8-6-16-15/h2-5,7,9,16H,6,8,10H2,1H3. The molecule has 2 aromatic rings. The number of hydrogen-bond donors (Lipinski definition) is 1. The van der Waals surface area contributed by atoms with Crippen molar-refractivity contribution in [2.24, 2.45) is 7.05 Å². The zero-order valence-electron chi connectivity index (χ0n) is 11.7. The first-order valence-corrected chi connectivity index (χ1v) is 7.01. The number of carbonyl (C=O) groups is 1. The predicted molar refractivity (Wildman–Crippen MR) is 76.8 cm³/mol. The van der Waals surface area contributed by atoms with E-state index >= 15 is 0 Å². The minimum Gasteiger partial charge on any atom is -0.339 e. The number of amides is 1. The Balaban J connectivity index is 1.91. The summed E-state index contributed by atoms with van der Waals surface area (Å²) in [7, 11) is 1.73. The van der Waals surface area contributed by atoms with E-state index < -0.39 is 5.66 Å². The largest absolute Gasteiger partial charge is 0.339 e. The fraction of sp³-hybridized carbons (Fsp3) is 0.333. The van der Waals surface area contributed by atoms with Crippen molar-refractivity contribution >= 4 is 5.91 Å². The number of fused-ring (bicyclic) bond motifs is 2. The SMILES string of the molecule is Cn1cc(C23Cn4cccc4C(=O)N2CCN3)ccc1=O. The zero-order chi connectivity index (χ0) is 14.6. The molecule has 6 heteroatoms. The van der Waals surface area contributed by atoms with E-state index in [-0.39, 0.29) is 11.5 Å². The van der Waals surface area contributed by atoms with Gasteiger partial charge in [0.25, 0.3) is 5.91 Å². The molecular formula is C15H16N4O2. The molecule has 1 fully saturated rings. The Bertz CT molecular complexity index is 791. The lowest BCUT2D eigenvalue weighted by Crippen LogP contribution is -2.57. The van der Waals surface area contributed by atoms with Crippen molar-refractivity contribution in [1.82, 2.24) is 19.4 Å². The molecular weight excluding hydrogens is 268 g/mol. The summed E-state index contributed by atoms with van der Waals surface area (Å²) < 4.78 is 3.53. The molecule has 1 amide bonds. The third-order valence-corrected chi connectivity index (χ3v) is 4.47. The highest BCUT2D eigenvalue weighted by Crippen LogP contribution is 2.35. The number of rotatable bonds is 1. The summed E-state index contributed by atoms with van der Waals surface area (Å²) in [5.74, 6) is 0.0325. The van der Waals surface area contributed by atoms with E-state index in [1.807, 2.05) is 40.1 Å². The van der Waals surface area contributed by atoms with Crippen LogP contribution in [0.5, 0.6) is 0 Å². The van der Waals surface area contributed by atoms with Gasteiger partial charge in [-0.3, -0.25) is 14.9 Å². The number of hydrogen-bond acceptors (Lipinski definition) is 3. The summed E-state index contributed by atoms with van der Waals surface area (Å²) >= 11 is 0. The highest BCUT2D eigenvalue weighted by molar-refractivity contribution is 5.94. The number of aromatic nitrogens is 2. The van der Waals surface area contributed by atoms with Crippen molar-refractivity contribution in [1.29, 1.82) is 0 Å². The first kappa shape index (κ1) is 12.4. The third-order valence-electron chi connectivity index (χ3n) is 4.47. The van der Waals surface area contributed by atoms with Crippen LogP contribution in [0.2, 0.25) is 0 Å². The second-order valence-electron chi connectivity index (χ2n) is 5.63. The normalized spacial score (nSPS) is 24.0. The maximum Gasteiger partial charge on any atom is 0.272 e. The van der Waals surface area contributed by atoms with Crippen LogP contribution in [0.15, 0.2) is 41.5 Å². The van der Waals surface area contributed by atoms with Crippen LogP contribution in [-0.2, 0) is 19.3 Å². The molecule has 6 nitrogen and oxygen atoms in total. The van der Waals surface area contributed by atoms with Crippen LogP contribution in [0.1, 0.15) is 16.1 Å². The van der Waals surface area contributed by atoms with Crippen LogP contribution >= 0.6 is 0 Å². The van der Waals surface area contributed by atoms with Gasteiger partial charge in [0.1, 0.15) is 11.4 Å². The maximum atomic E-state index is 12.7. The van der Waals surface area contributed by atoms with E-state index in [2.05, 4.69) is 5.32 Å². The smallest absolute Gasteiger partial charge is 0.272 e. The van der Waals surface area contributed by atoms with Gasteiger partial charge in [0.05, 0.1) is 6.54 Å². The van der Waals surface area contributed by atoms with Gasteiger partial charge >= 0.3 is 0 Å². The average molecular weight is 284 g/mol. The topological polar surface area (TPSA) is 59.3 Å². The summed E-state index contributed by atoms with van der Waals surface area (Å²) in [5, 5.41) is 3.47. The van der Waals surface area contributed by atoms with Crippen LogP contribution in [0.3, 0.4) is 0 Å². The average Bonchev–Trinajstić information content (AvgIpc) is 3.09. The number of carbonyl (C=O) groups excluding carboxylic acids is 1. The van der Waals surface area contributed by atoms with Crippen molar-refractivity contribution in [3.63, 3.8) is 0 Å². The van der Waals surface area contributed by atoms with Gasteiger partial charge < -0.3 is 14.0 Å². The van der Waals surface area contributed by atoms with Crippen molar-refractivity contribution < 1.29 is 4.79 Å². The Kier molecular flexibility index (Phi) is 2.41. The Labute approximate surface area is 121 Å². The fourth-order valence-corrected chi connectivity index (χ4v) is 3.40. The van der Waals surface area contributed by atoms with Gasteiger partial charge in [-0.2, -0.15) is 0 Å². The van der Waals surface area contributed by atoms with Crippen molar-refractivity contribution in [3.05, 3.63) is 58.3 Å². The highest BCUT2D eigenvalue weighted by atomic mass is 16.2. The Morgan fingerprint density at radius 3 is 2.90 bits per heavy atom. The summed E-state index contributed by atoms with van der Waals surface area (Å²) in [6, 6.07) is 7.11. The minimum absolute atomic E-state index is 0.0325. The monoisotopic (exact) mass is 284 g/mol. The molecule has 1 N–H and O–H groups in total. The lowest BCUT2D eigenvalue weighted by molar-refractivity contribution is 0.0396. The molecule has 0 spiro atoms. The molecule has 4 rings (SSSR count). The van der Waals surface area contributed by atoms with Gasteiger partial charge in [-0.25, -0.2) is 0 Å². The molecule has 108 valence electrons. The van der Waals surface area contributed by atoms with Crippen molar-refractivity contribution in [3.8, 4) is 0 Å². The predicted octanol–water partition coefficient (Wildman–Crippen LogP) is 0.0988. The van der Waals surface area contributed by atoms with Crippen LogP contribution < -0.4 is 10.9 Å². The lowest BCUT2D eigenvalue weighted by atomic mass is 9.97. The molecule has 0 aliphatic carbocycles. The Hall–Kier alpha value is -2.34. The molecule has 0 saturated carbocycles. The van der Waals surface area contributed by atoms with E-state index in [1.54, 1.807) is 17.7 Å². The van der Waals surface area contributed by atoms with E-state index in [1.165, 1.54) is 0 Å². The summed E-state index contributed by atoms with van der Waals surface area (Å²) in [5.41, 5.74) is 1.05. The van der Waals surface area contributed by atoms with Gasteiger partial charge in [-0.15, -0.1) is 0 Å². The Morgan fingerprint density at radius 2 is 2.10 bits per heavy atom. The molecule has 0 bridgehead atoms. The number of aryl methyl sites for hydroxylation is 1. The second kappa shape index (κ2) is 4.08. The fourth-order valence-electron chi connectivity index (χ4n) is 3.40. The van der Waals surface area contributed by atoms with Gasteiger partial charge in [0, 0.05) is 44.2 Å². The van der Waals surface area contributed by atoms with E-state index in [9.17, 15) is 9.59 Å². The van der Waals surface area contributed by atoms with Crippen molar-refractivity contribution in [2.75, 3.05) is 13.1 Å². The van der Waals surface area contributed by atoms with Crippen LogP contribution in [0.4, 0.5) is 0 Å². The van der Waals surface area contributed by atoms with Crippen molar-refractivity contribution in [2.45, 2.75) is 12.2 Å². The van der Waals surface area contributed by atoms with Gasteiger partial charge in [0.2, 0.25) is 5.56 Å². The molecule has 2 aliphatic rings. The zero-order valence-corrected chi connectivity index (χ0v) is 11.7. The number of nitrogens with zero attached hydrogens (tertiary/aromatic N) is 3. The van der Waals surface area contributed by atoms with E-state index in [0.717, 1.165) is 17.8 Å². The van der Waals surface area contributed by atoms with Crippen LogP contribution in [0.25, 0.3) is 0 Å². The molecule has 2 aliphatic heterocycles. The maximum absolute atomic E-state index is 12.7. The third kappa shape index (κ3) is 1.56. The van der Waals surface area contributed by atoms with E-state index in [4.69, 9.17) is 0 Å². The second-order valence-corrected chi connectivity index (χ2v) is 5.63. The first-order chi connectivity index (χ1) is 10.1. The summed E-state index contributed by atoms with van der Waals surface area (Å²) in [4.78, 5) is 26.2. The van der Waals surface area contributed by atoms with E-state index in [0.29, 0.717) is 13.1 Å². The molecule has 4 heterocycles.